The molecule has 1 aromatic heterocycles. The second-order valence-electron chi connectivity index (χ2n) is 10.7. The summed E-state index contributed by atoms with van der Waals surface area (Å²) in [5.74, 6) is -0.0713. The summed E-state index contributed by atoms with van der Waals surface area (Å²) >= 11 is 0. The molecule has 3 aliphatic rings. The van der Waals surface area contributed by atoms with Gasteiger partial charge in [0.2, 0.25) is 5.95 Å². The maximum atomic E-state index is 14.9. The van der Waals surface area contributed by atoms with Gasteiger partial charge in [-0.15, -0.1) is 0 Å². The van der Waals surface area contributed by atoms with Gasteiger partial charge in [-0.1, -0.05) is 67.8 Å². The molecule has 1 aliphatic heterocycles. The van der Waals surface area contributed by atoms with Gasteiger partial charge in [-0.3, -0.25) is 15.0 Å². The van der Waals surface area contributed by atoms with Crippen molar-refractivity contribution in [3.63, 3.8) is 0 Å². The van der Waals surface area contributed by atoms with Gasteiger partial charge in [-0.05, 0) is 43.7 Å². The summed E-state index contributed by atoms with van der Waals surface area (Å²) in [6, 6.07) is 16.5. The van der Waals surface area contributed by atoms with Gasteiger partial charge in [0.05, 0.1) is 17.8 Å². The fourth-order valence-electron chi connectivity index (χ4n) is 5.63. The Bertz CT molecular complexity index is 1410. The highest BCUT2D eigenvalue weighted by Gasteiger charge is 2.51. The average molecular weight is 518 g/mol. The van der Waals surface area contributed by atoms with E-state index < -0.39 is 11.1 Å². The van der Waals surface area contributed by atoms with Crippen LogP contribution in [0.2, 0.25) is 0 Å². The van der Waals surface area contributed by atoms with Crippen LogP contribution in [-0.4, -0.2) is 21.2 Å². The normalized spacial score (nSPS) is 20.6. The van der Waals surface area contributed by atoms with Crippen LogP contribution < -0.4 is 21.6 Å². The molecule has 0 saturated heterocycles. The Morgan fingerprint density at radius 3 is 2.61 bits per heavy atom. The third kappa shape index (κ3) is 4.45. The van der Waals surface area contributed by atoms with E-state index in [1.54, 1.807) is 19.1 Å². The van der Waals surface area contributed by atoms with Crippen LogP contribution in [0.3, 0.4) is 0 Å². The van der Waals surface area contributed by atoms with Crippen molar-refractivity contribution in [2.75, 3.05) is 10.7 Å². The highest BCUT2D eigenvalue weighted by Crippen LogP contribution is 2.48. The van der Waals surface area contributed by atoms with Crippen molar-refractivity contribution in [1.82, 2.24) is 15.0 Å². The summed E-state index contributed by atoms with van der Waals surface area (Å²) in [6.45, 7) is 1.76. The smallest absolute Gasteiger partial charge is 0.273 e. The summed E-state index contributed by atoms with van der Waals surface area (Å²) in [6.07, 6.45) is 5.02. The van der Waals surface area contributed by atoms with Crippen LogP contribution in [0, 0.1) is 12.7 Å². The lowest BCUT2D eigenvalue weighted by molar-refractivity contribution is -0.155. The predicted octanol–water partition coefficient (Wildman–Crippen LogP) is 4.38. The van der Waals surface area contributed by atoms with Crippen LogP contribution in [-0.2, 0) is 21.7 Å². The van der Waals surface area contributed by atoms with E-state index in [2.05, 4.69) is 21.0 Å². The van der Waals surface area contributed by atoms with Gasteiger partial charge >= 0.3 is 0 Å². The molecule has 2 aliphatic carbocycles. The van der Waals surface area contributed by atoms with Crippen molar-refractivity contribution < 1.29 is 13.9 Å². The lowest BCUT2D eigenvalue weighted by Gasteiger charge is -2.37. The molecule has 2 fully saturated rings. The number of carbonyl (C=O) groups excluding carboxylic acids is 1. The molecular weight excluding hydrogens is 485 g/mol. The molecule has 1 amide bonds. The van der Waals surface area contributed by atoms with Gasteiger partial charge in [0.25, 0.3) is 11.5 Å². The van der Waals surface area contributed by atoms with Crippen LogP contribution in [0.1, 0.15) is 73.5 Å². The van der Waals surface area contributed by atoms with Crippen LogP contribution >= 0.6 is 0 Å². The molecule has 0 bridgehead atoms. The Morgan fingerprint density at radius 1 is 1.11 bits per heavy atom. The number of aryl methyl sites for hydroxylation is 1. The van der Waals surface area contributed by atoms with Gasteiger partial charge in [0, 0.05) is 11.6 Å². The second-order valence-corrected chi connectivity index (χ2v) is 10.7. The minimum Gasteiger partial charge on any atom is -0.359 e. The molecular formula is C29H32FN5O3. The molecule has 38 heavy (non-hydrogen) atoms. The number of hydrogen-bond acceptors (Lipinski definition) is 6. The Morgan fingerprint density at radius 2 is 1.87 bits per heavy atom. The van der Waals surface area contributed by atoms with Crippen molar-refractivity contribution in [3.05, 3.63) is 93.2 Å². The Hall–Kier alpha value is -3.72. The van der Waals surface area contributed by atoms with E-state index in [9.17, 15) is 14.0 Å². The minimum absolute atomic E-state index is 0.0278. The van der Waals surface area contributed by atoms with E-state index in [-0.39, 0.29) is 30.1 Å². The molecule has 6 rings (SSSR count). The third-order valence-corrected chi connectivity index (χ3v) is 8.02. The molecule has 9 heteroatoms. The lowest BCUT2D eigenvalue weighted by atomic mass is 9.83. The molecule has 2 heterocycles. The standard InChI is InChI=1S/C29H32FN5O3/c1-19-9-8-12-22(24(19)30)28(15-16-28)33-26(37)29(13-6-3-7-14-29)38-18-21-17-23(36)35-27(31-21)32-25(34-35)20-10-4-2-5-11-20/h2,4-5,8-12,17,25,34H,3,6-7,13-16,18H2,1H3,(H,31,32)(H,33,37). The SMILES string of the molecule is Cc1cccc(C2(NC(=O)C3(OCc4cc(=O)n5c(n4)NC(c4ccccc4)N5)CCCCC3)CC2)c1F. The first-order valence-electron chi connectivity index (χ1n) is 13.3. The Labute approximate surface area is 220 Å². The monoisotopic (exact) mass is 517 g/mol. The van der Waals surface area contributed by atoms with Crippen LogP contribution in [0.5, 0.6) is 0 Å². The zero-order valence-electron chi connectivity index (χ0n) is 21.4. The molecule has 198 valence electrons. The largest absolute Gasteiger partial charge is 0.359 e. The number of hydrogen-bond donors (Lipinski definition) is 3. The molecule has 3 N–H and O–H groups in total. The molecule has 2 saturated carbocycles. The van der Waals surface area contributed by atoms with E-state index >= 15 is 0 Å². The number of anilines is 1. The first-order chi connectivity index (χ1) is 18.4. The molecule has 2 aromatic carbocycles. The number of halogens is 1. The number of aromatic nitrogens is 2. The lowest BCUT2D eigenvalue weighted by Crippen LogP contribution is -2.53. The number of amides is 1. The van der Waals surface area contributed by atoms with Crippen LogP contribution in [0.25, 0.3) is 0 Å². The highest BCUT2D eigenvalue weighted by atomic mass is 19.1. The number of ether oxygens (including phenoxy) is 1. The van der Waals surface area contributed by atoms with Crippen molar-refractivity contribution in [2.45, 2.75) is 75.8 Å². The highest BCUT2D eigenvalue weighted by molar-refractivity contribution is 5.86. The molecule has 3 aromatic rings. The number of carbonyl (C=O) groups is 1. The van der Waals surface area contributed by atoms with Gasteiger partial charge < -0.3 is 15.4 Å². The number of nitrogens with one attached hydrogen (secondary N) is 3. The number of benzene rings is 2. The number of nitrogens with zero attached hydrogens (tertiary/aromatic N) is 2. The summed E-state index contributed by atoms with van der Waals surface area (Å²) in [4.78, 5) is 31.2. The molecule has 1 unspecified atom stereocenters. The second kappa shape index (κ2) is 9.54. The third-order valence-electron chi connectivity index (χ3n) is 8.02. The zero-order chi connectivity index (χ0) is 26.3. The van der Waals surface area contributed by atoms with Crippen molar-refractivity contribution in [3.8, 4) is 0 Å². The molecule has 8 nitrogen and oxygen atoms in total. The Kier molecular flexibility index (Phi) is 6.18. The van der Waals surface area contributed by atoms with Gasteiger partial charge in [0.15, 0.2) is 0 Å². The van der Waals surface area contributed by atoms with Gasteiger partial charge in [0.1, 0.15) is 17.6 Å². The predicted molar refractivity (Wildman–Crippen MR) is 141 cm³/mol. The van der Waals surface area contributed by atoms with Gasteiger partial charge in [-0.25, -0.2) is 9.37 Å². The topological polar surface area (TPSA) is 97.3 Å². The first-order valence-corrected chi connectivity index (χ1v) is 13.3. The van der Waals surface area contributed by atoms with E-state index in [1.807, 2.05) is 36.4 Å². The summed E-state index contributed by atoms with van der Waals surface area (Å²) in [5.41, 5.74) is 3.68. The molecule has 0 radical (unpaired) electrons. The Balaban J connectivity index is 1.20. The van der Waals surface area contributed by atoms with Crippen LogP contribution in [0.15, 0.2) is 59.4 Å². The van der Waals surface area contributed by atoms with Crippen molar-refractivity contribution in [1.29, 1.82) is 0 Å². The van der Waals surface area contributed by atoms with E-state index in [4.69, 9.17) is 4.74 Å². The van der Waals surface area contributed by atoms with Crippen molar-refractivity contribution >= 4 is 11.9 Å². The van der Waals surface area contributed by atoms with Crippen LogP contribution in [0.4, 0.5) is 10.3 Å². The molecule has 1 atom stereocenters. The maximum absolute atomic E-state index is 14.9. The minimum atomic E-state index is -1.04. The van der Waals surface area contributed by atoms with E-state index in [1.165, 1.54) is 10.7 Å². The fraction of sp³-hybridized carbons (Fsp3) is 0.414. The molecule has 0 spiro atoms. The first kappa shape index (κ1) is 24.6. The summed E-state index contributed by atoms with van der Waals surface area (Å²) in [5, 5.41) is 6.40. The summed E-state index contributed by atoms with van der Waals surface area (Å²) in [7, 11) is 0. The zero-order valence-corrected chi connectivity index (χ0v) is 21.4. The quantitative estimate of drug-likeness (QED) is 0.430. The summed E-state index contributed by atoms with van der Waals surface area (Å²) < 4.78 is 22.7. The number of rotatable bonds is 7. The maximum Gasteiger partial charge on any atom is 0.273 e. The fourth-order valence-corrected chi connectivity index (χ4v) is 5.63. The van der Waals surface area contributed by atoms with E-state index in [0.29, 0.717) is 48.5 Å². The van der Waals surface area contributed by atoms with Gasteiger partial charge in [-0.2, -0.15) is 4.68 Å². The average Bonchev–Trinajstić information content (AvgIpc) is 3.57. The van der Waals surface area contributed by atoms with E-state index in [0.717, 1.165) is 24.8 Å². The van der Waals surface area contributed by atoms with Crippen molar-refractivity contribution in [2.24, 2.45) is 0 Å². The number of fused-ring (bicyclic) bond motifs is 1.